The molecule has 2 unspecified atom stereocenters. The molecular weight excluding hydrogens is 468 g/mol. The number of Topliss-reactive ketones (excluding diaryl/α,β-unsaturated/α-hetero) is 1. The third-order valence-electron chi connectivity index (χ3n) is 8.66. The van der Waals surface area contributed by atoms with Crippen molar-refractivity contribution in [1.82, 2.24) is 0 Å². The number of allylic oxidation sites excluding steroid dienone is 4. The quantitative estimate of drug-likeness (QED) is 0.221. The first-order valence-electron chi connectivity index (χ1n) is 12.7. The van der Waals surface area contributed by atoms with E-state index < -0.39 is 10.8 Å². The molecule has 38 heavy (non-hydrogen) atoms. The van der Waals surface area contributed by atoms with Gasteiger partial charge in [-0.05, 0) is 56.0 Å². The van der Waals surface area contributed by atoms with Gasteiger partial charge >= 0.3 is 0 Å². The lowest BCUT2D eigenvalue weighted by Gasteiger charge is -2.36. The SMILES string of the molecule is O=C1C=CC(=O)C2=C1C1(c3ccccc3)C(=O)C2(c2ccccc2)c2c1c1ccccc1c1ccccc21. The molecule has 178 valence electrons. The van der Waals surface area contributed by atoms with Crippen LogP contribution in [0.25, 0.3) is 21.5 Å². The molecule has 0 saturated heterocycles. The van der Waals surface area contributed by atoms with Gasteiger partial charge in [0, 0.05) is 11.1 Å². The molecule has 5 aromatic rings. The van der Waals surface area contributed by atoms with Crippen molar-refractivity contribution >= 4 is 38.9 Å². The molecule has 0 radical (unpaired) electrons. The zero-order valence-electron chi connectivity index (χ0n) is 20.3. The van der Waals surface area contributed by atoms with Crippen LogP contribution in [0.1, 0.15) is 22.3 Å². The van der Waals surface area contributed by atoms with Crippen LogP contribution in [-0.2, 0) is 25.2 Å². The fourth-order valence-electron chi connectivity index (χ4n) is 7.43. The number of carbonyl (C=O) groups is 3. The average Bonchev–Trinajstić information content (AvgIpc) is 3.37. The Kier molecular flexibility index (Phi) is 3.97. The third-order valence-corrected chi connectivity index (χ3v) is 8.66. The highest BCUT2D eigenvalue weighted by atomic mass is 16.2. The Hall–Kier alpha value is -4.89. The first-order chi connectivity index (χ1) is 18.6. The molecule has 3 heteroatoms. The normalized spacial score (nSPS) is 23.4. The predicted molar refractivity (Wildman–Crippen MR) is 147 cm³/mol. The van der Waals surface area contributed by atoms with Crippen LogP contribution < -0.4 is 0 Å². The lowest BCUT2D eigenvalue weighted by atomic mass is 9.63. The molecule has 2 atom stereocenters. The molecule has 8 rings (SSSR count). The second kappa shape index (κ2) is 7.11. The van der Waals surface area contributed by atoms with Crippen molar-refractivity contribution in [3.8, 4) is 0 Å². The third kappa shape index (κ3) is 2.17. The topological polar surface area (TPSA) is 51.2 Å². The monoisotopic (exact) mass is 488 g/mol. The molecular formula is C35H20O3. The van der Waals surface area contributed by atoms with E-state index in [2.05, 4.69) is 12.1 Å². The largest absolute Gasteiger partial charge is 0.296 e. The van der Waals surface area contributed by atoms with Gasteiger partial charge in [-0.1, -0.05) is 109 Å². The van der Waals surface area contributed by atoms with Gasteiger partial charge in [-0.25, -0.2) is 0 Å². The van der Waals surface area contributed by atoms with E-state index >= 15 is 4.79 Å². The maximum atomic E-state index is 15.4. The van der Waals surface area contributed by atoms with E-state index in [0.29, 0.717) is 22.3 Å². The molecule has 0 saturated carbocycles. The number of benzene rings is 5. The van der Waals surface area contributed by atoms with Crippen molar-refractivity contribution in [3.05, 3.63) is 155 Å². The second-order valence-corrected chi connectivity index (χ2v) is 10.2. The fourth-order valence-corrected chi connectivity index (χ4v) is 7.43. The van der Waals surface area contributed by atoms with Gasteiger partial charge < -0.3 is 0 Å². The number of hydrogen-bond donors (Lipinski definition) is 0. The Morgan fingerprint density at radius 1 is 0.395 bits per heavy atom. The van der Waals surface area contributed by atoms with Gasteiger partial charge in [0.2, 0.25) is 0 Å². The van der Waals surface area contributed by atoms with Crippen LogP contribution in [0.3, 0.4) is 0 Å². The Labute approximate surface area is 218 Å². The van der Waals surface area contributed by atoms with Crippen molar-refractivity contribution in [1.29, 1.82) is 0 Å². The summed E-state index contributed by atoms with van der Waals surface area (Å²) in [7, 11) is 0. The smallest absolute Gasteiger partial charge is 0.184 e. The standard InChI is InChI=1S/C35H20O3/c36-27-19-20-28(37)32-31(27)34(21-11-3-1-4-12-21)29-25-17-9-7-15-23(25)24-16-8-10-18-26(24)30(29)35(32,33(34)38)22-13-5-2-6-14-22/h1-20H. The molecule has 5 aromatic carbocycles. The van der Waals surface area contributed by atoms with Crippen molar-refractivity contribution in [2.24, 2.45) is 0 Å². The van der Waals surface area contributed by atoms with E-state index in [1.807, 2.05) is 97.1 Å². The van der Waals surface area contributed by atoms with Crippen LogP contribution in [0.4, 0.5) is 0 Å². The fraction of sp³-hybridized carbons (Fsp3) is 0.0571. The summed E-state index contributed by atoms with van der Waals surface area (Å²) >= 11 is 0. The van der Waals surface area contributed by atoms with Gasteiger partial charge in [0.15, 0.2) is 17.3 Å². The molecule has 2 bridgehead atoms. The minimum atomic E-state index is -1.40. The molecule has 3 aliphatic rings. The number of hydrogen-bond acceptors (Lipinski definition) is 3. The summed E-state index contributed by atoms with van der Waals surface area (Å²) in [5.41, 5.74) is 0.878. The first-order valence-corrected chi connectivity index (χ1v) is 12.7. The van der Waals surface area contributed by atoms with Crippen LogP contribution in [-0.4, -0.2) is 17.3 Å². The molecule has 0 aromatic heterocycles. The molecule has 0 fully saturated rings. The highest BCUT2D eigenvalue weighted by Crippen LogP contribution is 2.69. The molecule has 3 nitrogen and oxygen atoms in total. The lowest BCUT2D eigenvalue weighted by Crippen LogP contribution is -2.39. The zero-order valence-corrected chi connectivity index (χ0v) is 20.3. The molecule has 0 aliphatic heterocycles. The van der Waals surface area contributed by atoms with Gasteiger partial charge in [-0.3, -0.25) is 14.4 Å². The lowest BCUT2D eigenvalue weighted by molar-refractivity contribution is -0.124. The molecule has 0 spiro atoms. The second-order valence-electron chi connectivity index (χ2n) is 10.2. The Balaban J connectivity index is 1.73. The summed E-state index contributed by atoms with van der Waals surface area (Å²) in [5.74, 6) is -0.704. The van der Waals surface area contributed by atoms with Gasteiger partial charge in [0.25, 0.3) is 0 Å². The summed E-state index contributed by atoms with van der Waals surface area (Å²) in [6.45, 7) is 0. The van der Waals surface area contributed by atoms with Crippen LogP contribution in [0, 0.1) is 0 Å². The average molecular weight is 489 g/mol. The summed E-state index contributed by atoms with van der Waals surface area (Å²) in [6, 6.07) is 35.2. The van der Waals surface area contributed by atoms with Crippen molar-refractivity contribution in [3.63, 3.8) is 0 Å². The van der Waals surface area contributed by atoms with Crippen molar-refractivity contribution in [2.75, 3.05) is 0 Å². The van der Waals surface area contributed by atoms with E-state index in [-0.39, 0.29) is 17.3 Å². The molecule has 0 heterocycles. The minimum Gasteiger partial charge on any atom is -0.296 e. The van der Waals surface area contributed by atoms with Crippen LogP contribution in [0.15, 0.2) is 132 Å². The minimum absolute atomic E-state index is 0.144. The van der Waals surface area contributed by atoms with Crippen LogP contribution >= 0.6 is 0 Å². The number of ketones is 3. The van der Waals surface area contributed by atoms with Gasteiger partial charge in [-0.2, -0.15) is 0 Å². The van der Waals surface area contributed by atoms with E-state index in [9.17, 15) is 9.59 Å². The van der Waals surface area contributed by atoms with Crippen molar-refractivity contribution in [2.45, 2.75) is 10.8 Å². The summed E-state index contributed by atoms with van der Waals surface area (Å²) in [5, 5.41) is 3.90. The summed E-state index contributed by atoms with van der Waals surface area (Å²) in [6.07, 6.45) is 2.67. The van der Waals surface area contributed by atoms with E-state index in [0.717, 1.165) is 32.7 Å². The van der Waals surface area contributed by atoms with Gasteiger partial charge in [-0.15, -0.1) is 0 Å². The van der Waals surface area contributed by atoms with E-state index in [4.69, 9.17) is 0 Å². The Bertz CT molecular complexity index is 1820. The van der Waals surface area contributed by atoms with Crippen LogP contribution in [0.2, 0.25) is 0 Å². The highest BCUT2D eigenvalue weighted by molar-refractivity contribution is 6.38. The zero-order chi connectivity index (χ0) is 25.6. The van der Waals surface area contributed by atoms with Crippen LogP contribution in [0.5, 0.6) is 0 Å². The summed E-state index contributed by atoms with van der Waals surface area (Å²) in [4.78, 5) is 43.2. The van der Waals surface area contributed by atoms with E-state index in [1.54, 1.807) is 0 Å². The summed E-state index contributed by atoms with van der Waals surface area (Å²) < 4.78 is 0. The molecule has 3 aliphatic carbocycles. The Morgan fingerprint density at radius 2 is 0.737 bits per heavy atom. The number of carbonyl (C=O) groups excluding carboxylic acids is 3. The predicted octanol–water partition coefficient (Wildman–Crippen LogP) is 6.17. The molecule has 0 amide bonds. The van der Waals surface area contributed by atoms with Gasteiger partial charge in [0.1, 0.15) is 10.8 Å². The van der Waals surface area contributed by atoms with Crippen molar-refractivity contribution < 1.29 is 14.4 Å². The highest BCUT2D eigenvalue weighted by Gasteiger charge is 2.73. The molecule has 0 N–H and O–H groups in total. The first kappa shape index (κ1) is 21.2. The number of rotatable bonds is 2. The number of fused-ring (bicyclic) bond motifs is 12. The van der Waals surface area contributed by atoms with Gasteiger partial charge in [0.05, 0.1) is 0 Å². The maximum Gasteiger partial charge on any atom is 0.184 e. The Morgan fingerprint density at radius 3 is 1.13 bits per heavy atom. The van der Waals surface area contributed by atoms with E-state index in [1.165, 1.54) is 12.2 Å². The maximum absolute atomic E-state index is 15.4.